The van der Waals surface area contributed by atoms with Gasteiger partial charge >= 0.3 is 6.09 Å². The summed E-state index contributed by atoms with van der Waals surface area (Å²) in [5.74, 6) is -0.879. The molecule has 2 atom stereocenters. The van der Waals surface area contributed by atoms with Crippen molar-refractivity contribution in [1.82, 2.24) is 4.90 Å². The zero-order valence-corrected chi connectivity index (χ0v) is 15.3. The molecular weight excluding hydrogens is 364 g/mol. The maximum atomic E-state index is 14.0. The van der Waals surface area contributed by atoms with Crippen LogP contribution in [0, 0.1) is 11.6 Å². The van der Waals surface area contributed by atoms with Gasteiger partial charge in [0.25, 0.3) is 0 Å². The van der Waals surface area contributed by atoms with E-state index in [4.69, 9.17) is 9.47 Å². The van der Waals surface area contributed by atoms with Crippen molar-refractivity contribution < 1.29 is 23.0 Å². The van der Waals surface area contributed by atoms with Crippen LogP contribution in [-0.4, -0.2) is 36.3 Å². The van der Waals surface area contributed by atoms with Crippen LogP contribution in [0.1, 0.15) is 17.5 Å². The van der Waals surface area contributed by atoms with Gasteiger partial charge in [-0.1, -0.05) is 42.0 Å². The summed E-state index contributed by atoms with van der Waals surface area (Å²) in [6.45, 7) is 0.980. The average molecular weight is 385 g/mol. The van der Waals surface area contributed by atoms with E-state index < -0.39 is 11.6 Å². The predicted octanol–water partition coefficient (Wildman–Crippen LogP) is 4.24. The van der Waals surface area contributed by atoms with E-state index in [0.717, 1.165) is 23.3 Å². The molecule has 2 aromatic carbocycles. The molecule has 0 N–H and O–H groups in total. The molecular formula is C22H21F2NO3. The smallest absolute Gasteiger partial charge is 0.411 e. The molecule has 2 aliphatic heterocycles. The fourth-order valence-corrected chi connectivity index (χ4v) is 3.82. The van der Waals surface area contributed by atoms with E-state index in [9.17, 15) is 13.6 Å². The fourth-order valence-electron chi connectivity index (χ4n) is 3.82. The number of fused-ring (bicyclic) bond motifs is 2. The summed E-state index contributed by atoms with van der Waals surface area (Å²) >= 11 is 0. The first-order chi connectivity index (χ1) is 13.6. The van der Waals surface area contributed by atoms with Crippen molar-refractivity contribution in [1.29, 1.82) is 0 Å². The quantitative estimate of drug-likeness (QED) is 0.739. The van der Waals surface area contributed by atoms with E-state index >= 15 is 0 Å². The summed E-state index contributed by atoms with van der Waals surface area (Å²) in [5, 5.41) is 0. The van der Waals surface area contributed by atoms with Crippen LogP contribution in [0.25, 0.3) is 0 Å². The molecule has 0 aromatic heterocycles. The second-order valence-electron chi connectivity index (χ2n) is 7.15. The van der Waals surface area contributed by atoms with Crippen molar-refractivity contribution in [2.24, 2.45) is 0 Å². The number of ether oxygens (including phenoxy) is 2. The Hall–Kier alpha value is -2.73. The van der Waals surface area contributed by atoms with Crippen LogP contribution < -0.4 is 0 Å². The Labute approximate surface area is 162 Å². The third-order valence-corrected chi connectivity index (χ3v) is 5.12. The summed E-state index contributed by atoms with van der Waals surface area (Å²) in [7, 11) is 0. The van der Waals surface area contributed by atoms with Gasteiger partial charge in [0.1, 0.15) is 18.2 Å². The zero-order valence-electron chi connectivity index (χ0n) is 15.3. The molecule has 6 heteroatoms. The van der Waals surface area contributed by atoms with Crippen molar-refractivity contribution in [2.45, 2.75) is 31.5 Å². The van der Waals surface area contributed by atoms with Gasteiger partial charge in [-0.25, -0.2) is 13.6 Å². The second kappa shape index (κ2) is 8.10. The van der Waals surface area contributed by atoms with Gasteiger partial charge < -0.3 is 9.47 Å². The number of carbonyl (C=O) groups is 1. The number of halogens is 2. The Morgan fingerprint density at radius 2 is 1.96 bits per heavy atom. The highest BCUT2D eigenvalue weighted by molar-refractivity contribution is 5.69. The van der Waals surface area contributed by atoms with Crippen molar-refractivity contribution >= 4 is 6.09 Å². The molecule has 0 radical (unpaired) electrons. The van der Waals surface area contributed by atoms with Crippen molar-refractivity contribution in [3.05, 3.63) is 82.9 Å². The van der Waals surface area contributed by atoms with E-state index in [1.165, 1.54) is 6.07 Å². The van der Waals surface area contributed by atoms with Gasteiger partial charge in [-0.2, -0.15) is 0 Å². The molecule has 0 aliphatic carbocycles. The highest BCUT2D eigenvalue weighted by Gasteiger charge is 2.38. The molecule has 2 aromatic rings. The first kappa shape index (κ1) is 18.6. The van der Waals surface area contributed by atoms with Crippen LogP contribution in [-0.2, 0) is 22.5 Å². The van der Waals surface area contributed by atoms with Gasteiger partial charge in [0.05, 0.1) is 25.3 Å². The number of benzene rings is 2. The lowest BCUT2D eigenvalue weighted by molar-refractivity contribution is -0.0374. The number of amides is 1. The summed E-state index contributed by atoms with van der Waals surface area (Å²) in [5.41, 5.74) is 2.23. The fraction of sp³-hybridized carbons (Fsp3) is 0.318. The van der Waals surface area contributed by atoms with E-state index in [1.54, 1.807) is 4.90 Å². The van der Waals surface area contributed by atoms with E-state index in [2.05, 4.69) is 0 Å². The standard InChI is InChI=1S/C22H21F2NO3/c23-18-6-7-21(24)17(11-18)8-16-9-19-13-27-14-20(10-16)25(19)22(26)28-12-15-4-2-1-3-5-15/h1-7,9,11,19-20H,8,10,12-14H2. The Kier molecular flexibility index (Phi) is 5.39. The minimum absolute atomic E-state index is 0.168. The maximum Gasteiger partial charge on any atom is 0.411 e. The number of carbonyl (C=O) groups excluding carboxylic acids is 1. The number of rotatable bonds is 4. The molecule has 2 heterocycles. The van der Waals surface area contributed by atoms with Crippen LogP contribution in [0.3, 0.4) is 0 Å². The zero-order chi connectivity index (χ0) is 19.5. The normalized spacial score (nSPS) is 21.2. The van der Waals surface area contributed by atoms with Crippen molar-refractivity contribution in [3.63, 3.8) is 0 Å². The van der Waals surface area contributed by atoms with Crippen LogP contribution in [0.15, 0.2) is 60.2 Å². The first-order valence-electron chi connectivity index (χ1n) is 9.30. The molecule has 2 unspecified atom stereocenters. The molecule has 0 spiro atoms. The molecule has 4 nitrogen and oxygen atoms in total. The number of hydrogen-bond acceptors (Lipinski definition) is 3. The molecule has 28 heavy (non-hydrogen) atoms. The van der Waals surface area contributed by atoms with Gasteiger partial charge in [-0.15, -0.1) is 0 Å². The van der Waals surface area contributed by atoms with E-state index in [0.29, 0.717) is 31.6 Å². The molecule has 1 fully saturated rings. The predicted molar refractivity (Wildman–Crippen MR) is 99.6 cm³/mol. The monoisotopic (exact) mass is 385 g/mol. The largest absolute Gasteiger partial charge is 0.445 e. The highest BCUT2D eigenvalue weighted by atomic mass is 19.1. The Morgan fingerprint density at radius 1 is 1.14 bits per heavy atom. The summed E-state index contributed by atoms with van der Waals surface area (Å²) < 4.78 is 38.5. The third-order valence-electron chi connectivity index (χ3n) is 5.12. The van der Waals surface area contributed by atoms with Crippen LogP contribution >= 0.6 is 0 Å². The molecule has 2 aliphatic rings. The van der Waals surface area contributed by atoms with E-state index in [1.807, 2.05) is 36.4 Å². The van der Waals surface area contributed by atoms with Crippen LogP contribution in [0.2, 0.25) is 0 Å². The molecule has 146 valence electrons. The van der Waals surface area contributed by atoms with Crippen LogP contribution in [0.5, 0.6) is 0 Å². The molecule has 1 amide bonds. The van der Waals surface area contributed by atoms with Gasteiger partial charge in [0.2, 0.25) is 0 Å². The minimum atomic E-state index is -0.456. The SMILES string of the molecule is O=C(OCc1ccccc1)N1C2C=C(Cc3cc(F)ccc3F)CC1COC2. The number of nitrogens with zero attached hydrogens (tertiary/aromatic N) is 1. The Morgan fingerprint density at radius 3 is 2.75 bits per heavy atom. The maximum absolute atomic E-state index is 14.0. The summed E-state index contributed by atoms with van der Waals surface area (Å²) in [6.07, 6.45) is 2.41. The van der Waals surface area contributed by atoms with Crippen molar-refractivity contribution in [2.75, 3.05) is 13.2 Å². The molecule has 2 bridgehead atoms. The number of hydrogen-bond donors (Lipinski definition) is 0. The lowest BCUT2D eigenvalue weighted by Crippen LogP contribution is -2.56. The minimum Gasteiger partial charge on any atom is -0.445 e. The molecule has 4 rings (SSSR count). The Balaban J connectivity index is 1.46. The Bertz CT molecular complexity index is 885. The average Bonchev–Trinajstić information content (AvgIpc) is 2.69. The van der Waals surface area contributed by atoms with Crippen molar-refractivity contribution in [3.8, 4) is 0 Å². The summed E-state index contributed by atoms with van der Waals surface area (Å²) in [4.78, 5) is 14.4. The van der Waals surface area contributed by atoms with Gasteiger partial charge in [0, 0.05) is 0 Å². The van der Waals surface area contributed by atoms with Gasteiger partial charge in [-0.3, -0.25) is 4.90 Å². The second-order valence-corrected chi connectivity index (χ2v) is 7.15. The first-order valence-corrected chi connectivity index (χ1v) is 9.30. The molecule has 0 saturated carbocycles. The topological polar surface area (TPSA) is 38.8 Å². The third kappa shape index (κ3) is 4.07. The van der Waals surface area contributed by atoms with Crippen LogP contribution in [0.4, 0.5) is 13.6 Å². The summed E-state index contributed by atoms with van der Waals surface area (Å²) in [6, 6.07) is 12.6. The van der Waals surface area contributed by atoms with Gasteiger partial charge in [-0.05, 0) is 42.2 Å². The van der Waals surface area contributed by atoms with Gasteiger partial charge in [0.15, 0.2) is 0 Å². The number of morpholine rings is 1. The van der Waals surface area contributed by atoms with E-state index in [-0.39, 0.29) is 24.8 Å². The highest BCUT2D eigenvalue weighted by Crippen LogP contribution is 2.30. The lowest BCUT2D eigenvalue weighted by atomic mass is 9.90. The molecule has 1 saturated heterocycles. The lowest BCUT2D eigenvalue weighted by Gasteiger charge is -2.43.